The number of nitrogens with zero attached hydrogens (tertiary/aromatic N) is 3. The lowest BCUT2D eigenvalue weighted by Crippen LogP contribution is -2.53. The van der Waals surface area contributed by atoms with Crippen LogP contribution in [0.4, 0.5) is 15.2 Å². The summed E-state index contributed by atoms with van der Waals surface area (Å²) in [4.78, 5) is 20.7. The number of carbonyl (C=O) groups is 1. The number of piperazine rings is 1. The van der Waals surface area contributed by atoms with E-state index in [0.29, 0.717) is 22.9 Å². The number of halogens is 1. The van der Waals surface area contributed by atoms with Crippen molar-refractivity contribution in [1.82, 2.24) is 15.2 Å². The van der Waals surface area contributed by atoms with Gasteiger partial charge in [0.15, 0.2) is 5.13 Å². The second-order valence-corrected chi connectivity index (χ2v) is 7.38. The number of anilines is 2. The first-order valence-corrected chi connectivity index (χ1v) is 9.30. The highest BCUT2D eigenvalue weighted by Crippen LogP contribution is 2.29. The van der Waals surface area contributed by atoms with Crippen LogP contribution < -0.4 is 10.2 Å². The van der Waals surface area contributed by atoms with Crippen LogP contribution in [0, 0.1) is 5.82 Å². The molecule has 0 spiro atoms. The molecule has 2 unspecified atom stereocenters. The van der Waals surface area contributed by atoms with E-state index in [1.54, 1.807) is 12.1 Å². The lowest BCUT2D eigenvalue weighted by molar-refractivity contribution is -0.115. The minimum Gasteiger partial charge on any atom is -0.311 e. The predicted molar refractivity (Wildman–Crippen MR) is 98.7 cm³/mol. The van der Waals surface area contributed by atoms with Gasteiger partial charge in [0.05, 0.1) is 11.4 Å². The van der Waals surface area contributed by atoms with E-state index >= 15 is 0 Å². The molecule has 25 heavy (non-hydrogen) atoms. The Balaban J connectivity index is 1.78. The summed E-state index contributed by atoms with van der Waals surface area (Å²) in [6.07, 6.45) is 0. The van der Waals surface area contributed by atoms with Crippen molar-refractivity contribution in [2.75, 3.05) is 18.0 Å². The zero-order valence-electron chi connectivity index (χ0n) is 14.7. The number of aromatic nitrogens is 1. The number of thiazole rings is 1. The molecule has 2 atom stereocenters. The van der Waals surface area contributed by atoms with E-state index in [9.17, 15) is 9.18 Å². The average molecular weight is 362 g/mol. The monoisotopic (exact) mass is 362 g/mol. The van der Waals surface area contributed by atoms with Crippen LogP contribution in [0.15, 0.2) is 29.6 Å². The number of hydrogen-bond acceptors (Lipinski definition) is 5. The van der Waals surface area contributed by atoms with Gasteiger partial charge in [-0.2, -0.15) is 0 Å². The standard InChI is InChI=1S/C18H23FN4OS/c1-12-9-22(13(2)8-20-12)10-16-11-25-18(21-16)23(14(3)24)17-6-4-15(19)5-7-17/h4-7,11-13,20H,8-10H2,1-3H3. The van der Waals surface area contributed by atoms with Crippen LogP contribution in [0.1, 0.15) is 26.5 Å². The number of carbonyl (C=O) groups excluding carboxylic acids is 1. The van der Waals surface area contributed by atoms with Crippen LogP contribution in [0.5, 0.6) is 0 Å². The molecule has 0 saturated carbocycles. The normalized spacial score (nSPS) is 21.3. The van der Waals surface area contributed by atoms with Crippen LogP contribution in [0.25, 0.3) is 0 Å². The molecule has 1 aromatic heterocycles. The van der Waals surface area contributed by atoms with Crippen molar-refractivity contribution in [3.8, 4) is 0 Å². The third-order valence-corrected chi connectivity index (χ3v) is 5.26. The molecule has 2 heterocycles. The summed E-state index contributed by atoms with van der Waals surface area (Å²) in [7, 11) is 0. The Morgan fingerprint density at radius 1 is 1.40 bits per heavy atom. The molecule has 1 amide bonds. The summed E-state index contributed by atoms with van der Waals surface area (Å²) in [6, 6.07) is 6.80. The van der Waals surface area contributed by atoms with Crippen molar-refractivity contribution >= 4 is 28.1 Å². The predicted octanol–water partition coefficient (Wildman–Crippen LogP) is 3.15. The molecule has 1 fully saturated rings. The average Bonchev–Trinajstić information content (AvgIpc) is 3.01. The van der Waals surface area contributed by atoms with Gasteiger partial charge in [-0.3, -0.25) is 14.6 Å². The second kappa shape index (κ2) is 7.59. The molecule has 0 radical (unpaired) electrons. The first-order valence-electron chi connectivity index (χ1n) is 8.42. The summed E-state index contributed by atoms with van der Waals surface area (Å²) < 4.78 is 13.2. The quantitative estimate of drug-likeness (QED) is 0.908. The molecule has 0 aliphatic carbocycles. The fraction of sp³-hybridized carbons (Fsp3) is 0.444. The van der Waals surface area contributed by atoms with Gasteiger partial charge in [0.2, 0.25) is 5.91 Å². The van der Waals surface area contributed by atoms with E-state index in [1.807, 2.05) is 5.38 Å². The number of amides is 1. The van der Waals surface area contributed by atoms with E-state index in [-0.39, 0.29) is 11.7 Å². The molecule has 0 bridgehead atoms. The Morgan fingerprint density at radius 3 is 2.80 bits per heavy atom. The first-order chi connectivity index (χ1) is 11.9. The number of hydrogen-bond donors (Lipinski definition) is 1. The van der Waals surface area contributed by atoms with E-state index < -0.39 is 0 Å². The smallest absolute Gasteiger partial charge is 0.230 e. The van der Waals surface area contributed by atoms with Crippen LogP contribution in [-0.2, 0) is 11.3 Å². The summed E-state index contributed by atoms with van der Waals surface area (Å²) >= 11 is 1.43. The summed E-state index contributed by atoms with van der Waals surface area (Å²) in [5.41, 5.74) is 1.58. The largest absolute Gasteiger partial charge is 0.311 e. The molecule has 1 aromatic carbocycles. The summed E-state index contributed by atoms with van der Waals surface area (Å²) in [5.74, 6) is -0.467. The van der Waals surface area contributed by atoms with Gasteiger partial charge in [-0.1, -0.05) is 0 Å². The van der Waals surface area contributed by atoms with Crippen molar-refractivity contribution in [2.24, 2.45) is 0 Å². The molecule has 2 aromatic rings. The Morgan fingerprint density at radius 2 is 2.12 bits per heavy atom. The van der Waals surface area contributed by atoms with Crippen molar-refractivity contribution < 1.29 is 9.18 Å². The highest BCUT2D eigenvalue weighted by Gasteiger charge is 2.24. The van der Waals surface area contributed by atoms with Crippen molar-refractivity contribution in [1.29, 1.82) is 0 Å². The van der Waals surface area contributed by atoms with Gasteiger partial charge in [0, 0.05) is 44.0 Å². The highest BCUT2D eigenvalue weighted by atomic mass is 32.1. The summed E-state index contributed by atoms with van der Waals surface area (Å²) in [6.45, 7) is 8.57. The van der Waals surface area contributed by atoms with Gasteiger partial charge in [-0.25, -0.2) is 9.37 Å². The van der Waals surface area contributed by atoms with Gasteiger partial charge < -0.3 is 5.32 Å². The molecule has 1 aliphatic rings. The van der Waals surface area contributed by atoms with E-state index in [1.165, 1.54) is 35.3 Å². The Kier molecular flexibility index (Phi) is 5.46. The summed E-state index contributed by atoms with van der Waals surface area (Å²) in [5, 5.41) is 6.08. The Labute approximate surface area is 151 Å². The van der Waals surface area contributed by atoms with Gasteiger partial charge in [0.25, 0.3) is 0 Å². The molecule has 5 nitrogen and oxygen atoms in total. The van der Waals surface area contributed by atoms with Gasteiger partial charge in [-0.15, -0.1) is 11.3 Å². The first kappa shape index (κ1) is 18.0. The minimum absolute atomic E-state index is 0.142. The van der Waals surface area contributed by atoms with Crippen LogP contribution in [-0.4, -0.2) is 41.0 Å². The molecular formula is C18H23FN4OS. The number of rotatable bonds is 4. The zero-order valence-corrected chi connectivity index (χ0v) is 15.5. The topological polar surface area (TPSA) is 48.5 Å². The molecule has 1 N–H and O–H groups in total. The second-order valence-electron chi connectivity index (χ2n) is 6.54. The SMILES string of the molecule is CC(=O)N(c1ccc(F)cc1)c1nc(CN2CC(C)NCC2C)cs1. The van der Waals surface area contributed by atoms with Gasteiger partial charge in [0.1, 0.15) is 5.82 Å². The van der Waals surface area contributed by atoms with Gasteiger partial charge in [-0.05, 0) is 38.1 Å². The van der Waals surface area contributed by atoms with E-state index in [2.05, 4.69) is 29.0 Å². The number of benzene rings is 1. The number of nitrogens with one attached hydrogen (secondary N) is 1. The molecule has 7 heteroatoms. The Bertz CT molecular complexity index is 733. The molecule has 134 valence electrons. The Hall–Kier alpha value is -1.83. The van der Waals surface area contributed by atoms with Crippen LogP contribution >= 0.6 is 11.3 Å². The fourth-order valence-corrected chi connectivity index (χ4v) is 3.89. The maximum atomic E-state index is 13.2. The lowest BCUT2D eigenvalue weighted by Gasteiger charge is -2.37. The molecular weight excluding hydrogens is 339 g/mol. The maximum absolute atomic E-state index is 13.2. The van der Waals surface area contributed by atoms with E-state index in [0.717, 1.165) is 25.3 Å². The van der Waals surface area contributed by atoms with Gasteiger partial charge >= 0.3 is 0 Å². The third-order valence-electron chi connectivity index (χ3n) is 4.39. The van der Waals surface area contributed by atoms with Crippen molar-refractivity contribution in [3.63, 3.8) is 0 Å². The zero-order chi connectivity index (χ0) is 18.0. The van der Waals surface area contributed by atoms with Crippen molar-refractivity contribution in [2.45, 2.75) is 39.4 Å². The maximum Gasteiger partial charge on any atom is 0.230 e. The highest BCUT2D eigenvalue weighted by molar-refractivity contribution is 7.14. The van der Waals surface area contributed by atoms with Crippen molar-refractivity contribution in [3.05, 3.63) is 41.2 Å². The lowest BCUT2D eigenvalue weighted by atomic mass is 10.1. The minimum atomic E-state index is -0.325. The van der Waals surface area contributed by atoms with Crippen LogP contribution in [0.3, 0.4) is 0 Å². The molecule has 1 aliphatic heterocycles. The molecule has 3 rings (SSSR count). The fourth-order valence-electron chi connectivity index (χ4n) is 3.01. The van der Waals surface area contributed by atoms with E-state index in [4.69, 9.17) is 0 Å². The van der Waals surface area contributed by atoms with Crippen LogP contribution in [0.2, 0.25) is 0 Å². The molecule has 1 saturated heterocycles. The third kappa shape index (κ3) is 4.23.